The Morgan fingerprint density at radius 2 is 0.793 bits per heavy atom. The van der Waals surface area contributed by atoms with Gasteiger partial charge in [0.05, 0.1) is 0 Å². The van der Waals surface area contributed by atoms with E-state index in [4.69, 9.17) is 0 Å². The molecule has 0 unspecified atom stereocenters. The molecule has 0 bridgehead atoms. The molecule has 0 saturated carbocycles. The maximum absolute atomic E-state index is 2.32. The lowest BCUT2D eigenvalue weighted by Crippen LogP contribution is -1.89. The first-order valence-corrected chi connectivity index (χ1v) is 10.1. The molecule has 0 heteroatoms. The van der Waals surface area contributed by atoms with Crippen LogP contribution in [-0.4, -0.2) is 0 Å². The molecule has 0 atom stereocenters. The number of rotatable bonds is 1. The van der Waals surface area contributed by atoms with E-state index in [0.717, 1.165) is 0 Å². The van der Waals surface area contributed by atoms with Crippen molar-refractivity contribution in [2.75, 3.05) is 0 Å². The van der Waals surface area contributed by atoms with Gasteiger partial charge in [-0.05, 0) is 67.8 Å². The normalized spacial score (nSPS) is 11.6. The molecule has 5 aromatic carbocycles. The van der Waals surface area contributed by atoms with Crippen LogP contribution in [0.3, 0.4) is 0 Å². The second-order valence-corrected chi connectivity index (χ2v) is 7.79. The van der Waals surface area contributed by atoms with Gasteiger partial charge >= 0.3 is 0 Å². The van der Waals surface area contributed by atoms with E-state index in [0.29, 0.717) is 0 Å². The minimum absolute atomic E-state index is 1.31. The predicted octanol–water partition coefficient (Wildman–Crippen LogP) is 8.13. The fraction of sp³-hybridized carbons (Fsp3) is 0.0345. The van der Waals surface area contributed by atoms with Crippen molar-refractivity contribution in [2.45, 2.75) is 6.92 Å². The molecule has 0 heterocycles. The standard InChI is InChI=1S/C29H20/c1-19-9-2-3-10-20(19)25-17-18-28-24-14-7-5-12-22(24)21-11-4-6-13-23(21)26-15-8-16-27(25)29(26)28/h2-18H,1H3. The first-order chi connectivity index (χ1) is 14.3. The zero-order valence-electron chi connectivity index (χ0n) is 16.3. The topological polar surface area (TPSA) is 0 Å². The minimum Gasteiger partial charge on any atom is -0.0620 e. The lowest BCUT2D eigenvalue weighted by atomic mass is 9.88. The third-order valence-corrected chi connectivity index (χ3v) is 6.20. The van der Waals surface area contributed by atoms with E-state index in [2.05, 4.69) is 110 Å². The van der Waals surface area contributed by atoms with Gasteiger partial charge in [-0.3, -0.25) is 0 Å². The third-order valence-electron chi connectivity index (χ3n) is 6.20. The summed E-state index contributed by atoms with van der Waals surface area (Å²) in [5, 5.41) is 2.67. The van der Waals surface area contributed by atoms with E-state index in [1.54, 1.807) is 0 Å². The van der Waals surface area contributed by atoms with Gasteiger partial charge in [0, 0.05) is 0 Å². The SMILES string of the molecule is Cc1ccccc1-c1ccc2c3c(cccc13)-c1ccccc1-c1ccccc1-2. The number of hydrogen-bond donors (Lipinski definition) is 0. The molecule has 0 spiro atoms. The van der Waals surface area contributed by atoms with Gasteiger partial charge < -0.3 is 0 Å². The van der Waals surface area contributed by atoms with E-state index >= 15 is 0 Å². The summed E-state index contributed by atoms with van der Waals surface area (Å²) in [4.78, 5) is 0. The molecular formula is C29H20. The molecule has 0 aliphatic heterocycles. The molecule has 0 saturated heterocycles. The summed E-state index contributed by atoms with van der Waals surface area (Å²) in [6.07, 6.45) is 0. The molecule has 5 aromatic rings. The van der Waals surface area contributed by atoms with E-state index in [9.17, 15) is 0 Å². The van der Waals surface area contributed by atoms with Crippen LogP contribution in [0.15, 0.2) is 103 Å². The van der Waals surface area contributed by atoms with Crippen LogP contribution in [0.2, 0.25) is 0 Å². The van der Waals surface area contributed by atoms with Crippen molar-refractivity contribution in [3.05, 3.63) is 109 Å². The van der Waals surface area contributed by atoms with Crippen molar-refractivity contribution in [3.63, 3.8) is 0 Å². The summed E-state index contributed by atoms with van der Waals surface area (Å²) in [6.45, 7) is 2.20. The fourth-order valence-electron chi connectivity index (χ4n) is 4.87. The van der Waals surface area contributed by atoms with Crippen molar-refractivity contribution < 1.29 is 0 Å². The molecule has 1 aliphatic rings. The van der Waals surface area contributed by atoms with Crippen LogP contribution >= 0.6 is 0 Å². The second kappa shape index (κ2) is 6.18. The fourth-order valence-corrected chi connectivity index (χ4v) is 4.87. The van der Waals surface area contributed by atoms with Crippen LogP contribution in [0.1, 0.15) is 5.56 Å². The number of benzene rings is 5. The van der Waals surface area contributed by atoms with Crippen LogP contribution < -0.4 is 0 Å². The molecule has 0 N–H and O–H groups in total. The van der Waals surface area contributed by atoms with Gasteiger partial charge in [0.15, 0.2) is 0 Å². The minimum atomic E-state index is 1.31. The summed E-state index contributed by atoms with van der Waals surface area (Å²) >= 11 is 0. The summed E-state index contributed by atoms with van der Waals surface area (Å²) in [7, 11) is 0. The molecule has 0 fully saturated rings. The molecule has 6 rings (SSSR count). The van der Waals surface area contributed by atoms with E-state index in [1.165, 1.54) is 60.8 Å². The van der Waals surface area contributed by atoms with Crippen LogP contribution in [0.5, 0.6) is 0 Å². The van der Waals surface area contributed by atoms with Gasteiger partial charge in [-0.25, -0.2) is 0 Å². The Balaban J connectivity index is 1.82. The highest BCUT2D eigenvalue weighted by molar-refractivity contribution is 6.16. The largest absolute Gasteiger partial charge is 0.0620 e. The number of aryl methyl sites for hydroxylation is 1. The maximum atomic E-state index is 2.32. The molecule has 0 amide bonds. The average molecular weight is 368 g/mol. The molecule has 0 nitrogen and oxygen atoms in total. The summed E-state index contributed by atoms with van der Waals surface area (Å²) < 4.78 is 0. The first kappa shape index (κ1) is 16.3. The third kappa shape index (κ3) is 2.33. The van der Waals surface area contributed by atoms with E-state index in [1.807, 2.05) is 0 Å². The Labute approximate surface area is 171 Å². The van der Waals surface area contributed by atoms with Crippen molar-refractivity contribution in [1.29, 1.82) is 0 Å². The Bertz CT molecular complexity index is 1350. The average Bonchev–Trinajstić information content (AvgIpc) is 2.90. The van der Waals surface area contributed by atoms with Crippen molar-refractivity contribution in [2.24, 2.45) is 0 Å². The van der Waals surface area contributed by atoms with Crippen LogP contribution in [-0.2, 0) is 0 Å². The lowest BCUT2D eigenvalue weighted by Gasteiger charge is -2.15. The quantitative estimate of drug-likeness (QED) is 0.275. The van der Waals surface area contributed by atoms with Crippen LogP contribution in [0, 0.1) is 6.92 Å². The predicted molar refractivity (Wildman–Crippen MR) is 124 cm³/mol. The first-order valence-electron chi connectivity index (χ1n) is 10.1. The highest BCUT2D eigenvalue weighted by atomic mass is 14.2. The van der Waals surface area contributed by atoms with Gasteiger partial charge in [0.1, 0.15) is 0 Å². The molecule has 29 heavy (non-hydrogen) atoms. The van der Waals surface area contributed by atoms with Gasteiger partial charge in [0.25, 0.3) is 0 Å². The summed E-state index contributed by atoms with van der Waals surface area (Å²) in [5.41, 5.74) is 11.8. The van der Waals surface area contributed by atoms with Gasteiger partial charge in [-0.2, -0.15) is 0 Å². The van der Waals surface area contributed by atoms with Crippen molar-refractivity contribution in [3.8, 4) is 44.5 Å². The van der Waals surface area contributed by atoms with E-state index in [-0.39, 0.29) is 0 Å². The van der Waals surface area contributed by atoms with Gasteiger partial charge in [-0.15, -0.1) is 0 Å². The van der Waals surface area contributed by atoms with E-state index < -0.39 is 0 Å². The van der Waals surface area contributed by atoms with Crippen LogP contribution in [0.25, 0.3) is 55.3 Å². The maximum Gasteiger partial charge on any atom is -0.00201 e. The highest BCUT2D eigenvalue weighted by Crippen LogP contribution is 2.49. The van der Waals surface area contributed by atoms with Crippen LogP contribution in [0.4, 0.5) is 0 Å². The van der Waals surface area contributed by atoms with Gasteiger partial charge in [0.2, 0.25) is 0 Å². The molecule has 0 aromatic heterocycles. The molecule has 0 radical (unpaired) electrons. The highest BCUT2D eigenvalue weighted by Gasteiger charge is 2.22. The zero-order valence-corrected chi connectivity index (χ0v) is 16.3. The van der Waals surface area contributed by atoms with Crippen molar-refractivity contribution in [1.82, 2.24) is 0 Å². The van der Waals surface area contributed by atoms with Gasteiger partial charge in [-0.1, -0.05) is 103 Å². The Hall–Kier alpha value is -3.64. The zero-order chi connectivity index (χ0) is 19.4. The monoisotopic (exact) mass is 368 g/mol. The smallest absolute Gasteiger partial charge is 0.00201 e. The summed E-state index contributed by atoms with van der Waals surface area (Å²) in [6, 6.07) is 37.7. The molecular weight excluding hydrogens is 348 g/mol. The second-order valence-electron chi connectivity index (χ2n) is 7.79. The Morgan fingerprint density at radius 3 is 1.41 bits per heavy atom. The molecule has 1 aliphatic carbocycles. The molecule has 136 valence electrons. The lowest BCUT2D eigenvalue weighted by molar-refractivity contribution is 1.47. The number of hydrogen-bond acceptors (Lipinski definition) is 0. The number of fused-ring (bicyclic) bond motifs is 5. The Kier molecular flexibility index (Phi) is 3.48. The van der Waals surface area contributed by atoms with Crippen molar-refractivity contribution >= 4 is 10.8 Å². The summed E-state index contributed by atoms with van der Waals surface area (Å²) in [5.74, 6) is 0. The Morgan fingerprint density at radius 1 is 0.345 bits per heavy atom.